The van der Waals surface area contributed by atoms with Gasteiger partial charge in [0.2, 0.25) is 0 Å². The average Bonchev–Trinajstić information content (AvgIpc) is 2.52. The minimum atomic E-state index is -0.498. The van der Waals surface area contributed by atoms with Crippen molar-refractivity contribution in [2.75, 3.05) is 0 Å². The van der Waals surface area contributed by atoms with Crippen molar-refractivity contribution in [1.29, 1.82) is 0 Å². The van der Waals surface area contributed by atoms with E-state index >= 15 is 0 Å². The topological polar surface area (TPSA) is 70.2 Å². The summed E-state index contributed by atoms with van der Waals surface area (Å²) < 4.78 is 0. The SMILES string of the molecule is Cc1ccccc1C(=O)NNC(=S)NC(=O)c1cc(Cl)cc(Cl)c1. The summed E-state index contributed by atoms with van der Waals surface area (Å²) in [6.45, 7) is 1.82. The lowest BCUT2D eigenvalue weighted by molar-refractivity contribution is 0.0934. The molecule has 5 nitrogen and oxygen atoms in total. The van der Waals surface area contributed by atoms with E-state index in [-0.39, 0.29) is 16.6 Å². The highest BCUT2D eigenvalue weighted by molar-refractivity contribution is 7.80. The first kappa shape index (κ1) is 18.2. The van der Waals surface area contributed by atoms with Gasteiger partial charge in [0, 0.05) is 21.2 Å². The van der Waals surface area contributed by atoms with Crippen molar-refractivity contribution in [1.82, 2.24) is 16.2 Å². The second kappa shape index (κ2) is 8.10. The van der Waals surface area contributed by atoms with Crippen molar-refractivity contribution < 1.29 is 9.59 Å². The van der Waals surface area contributed by atoms with Gasteiger partial charge in [-0.05, 0) is 49.0 Å². The standard InChI is InChI=1S/C16H13Cl2N3O2S/c1-9-4-2-3-5-13(9)15(23)20-21-16(24)19-14(22)10-6-11(17)8-12(18)7-10/h2-8H,1H3,(H,20,23)(H2,19,21,22,24). The second-order valence-corrected chi connectivity index (χ2v) is 6.12. The van der Waals surface area contributed by atoms with E-state index in [2.05, 4.69) is 16.2 Å². The molecule has 0 spiro atoms. The van der Waals surface area contributed by atoms with Crippen LogP contribution < -0.4 is 16.2 Å². The Hall–Kier alpha value is -2.15. The molecule has 3 N–H and O–H groups in total. The van der Waals surface area contributed by atoms with Crippen LogP contribution >= 0.6 is 35.4 Å². The number of rotatable bonds is 2. The summed E-state index contributed by atoms with van der Waals surface area (Å²) in [6, 6.07) is 11.5. The lowest BCUT2D eigenvalue weighted by Gasteiger charge is -2.12. The number of hydrogen-bond acceptors (Lipinski definition) is 3. The Morgan fingerprint density at radius 3 is 2.21 bits per heavy atom. The third-order valence-electron chi connectivity index (χ3n) is 3.03. The van der Waals surface area contributed by atoms with Gasteiger partial charge >= 0.3 is 0 Å². The number of thiocarbonyl (C=S) groups is 1. The summed E-state index contributed by atoms with van der Waals surface area (Å²) in [6.07, 6.45) is 0. The first-order valence-electron chi connectivity index (χ1n) is 6.80. The zero-order valence-electron chi connectivity index (χ0n) is 12.5. The Balaban J connectivity index is 1.92. The smallest absolute Gasteiger partial charge is 0.269 e. The van der Waals surface area contributed by atoms with Gasteiger partial charge in [-0.25, -0.2) is 0 Å². The van der Waals surface area contributed by atoms with Gasteiger partial charge in [-0.2, -0.15) is 0 Å². The fraction of sp³-hybridized carbons (Fsp3) is 0.0625. The maximum atomic E-state index is 12.1. The monoisotopic (exact) mass is 381 g/mol. The third-order valence-corrected chi connectivity index (χ3v) is 3.67. The third kappa shape index (κ3) is 4.92. The van der Waals surface area contributed by atoms with Crippen molar-refractivity contribution in [2.45, 2.75) is 6.92 Å². The van der Waals surface area contributed by atoms with Crippen LogP contribution in [0.5, 0.6) is 0 Å². The summed E-state index contributed by atoms with van der Waals surface area (Å²) in [5.74, 6) is -0.863. The van der Waals surface area contributed by atoms with Crippen LogP contribution in [0, 0.1) is 6.92 Å². The lowest BCUT2D eigenvalue weighted by atomic mass is 10.1. The molecule has 2 aromatic carbocycles. The van der Waals surface area contributed by atoms with Crippen molar-refractivity contribution in [3.8, 4) is 0 Å². The van der Waals surface area contributed by atoms with Crippen molar-refractivity contribution >= 4 is 52.3 Å². The average molecular weight is 382 g/mol. The molecule has 0 aliphatic carbocycles. The molecule has 0 saturated heterocycles. The van der Waals surface area contributed by atoms with E-state index in [0.29, 0.717) is 15.6 Å². The molecule has 0 aliphatic heterocycles. The molecule has 124 valence electrons. The number of benzene rings is 2. The molecular weight excluding hydrogens is 369 g/mol. The van der Waals surface area contributed by atoms with Crippen LogP contribution in [0.25, 0.3) is 0 Å². The highest BCUT2D eigenvalue weighted by atomic mass is 35.5. The normalized spacial score (nSPS) is 9.96. The van der Waals surface area contributed by atoms with Gasteiger partial charge < -0.3 is 0 Å². The highest BCUT2D eigenvalue weighted by Gasteiger charge is 2.11. The van der Waals surface area contributed by atoms with Gasteiger partial charge in [-0.3, -0.25) is 25.8 Å². The molecule has 0 saturated carbocycles. The van der Waals surface area contributed by atoms with Crippen molar-refractivity contribution in [3.63, 3.8) is 0 Å². The van der Waals surface area contributed by atoms with Gasteiger partial charge in [-0.1, -0.05) is 41.4 Å². The Morgan fingerprint density at radius 1 is 0.958 bits per heavy atom. The molecular formula is C16H13Cl2N3O2S. The Kier molecular flexibility index (Phi) is 6.14. The molecule has 8 heteroatoms. The number of amides is 2. The highest BCUT2D eigenvalue weighted by Crippen LogP contribution is 2.18. The molecule has 2 aromatic rings. The summed E-state index contributed by atoms with van der Waals surface area (Å²) in [5, 5.41) is 3.03. The second-order valence-electron chi connectivity index (χ2n) is 4.84. The van der Waals surface area contributed by atoms with Crippen LogP contribution in [0.15, 0.2) is 42.5 Å². The minimum Gasteiger partial charge on any atom is -0.298 e. The van der Waals surface area contributed by atoms with Crippen LogP contribution in [-0.2, 0) is 0 Å². The van der Waals surface area contributed by atoms with Gasteiger partial charge in [-0.15, -0.1) is 0 Å². The predicted molar refractivity (Wildman–Crippen MR) is 98.3 cm³/mol. The number of hydrazine groups is 1. The van der Waals surface area contributed by atoms with Gasteiger partial charge in [0.05, 0.1) is 0 Å². The predicted octanol–water partition coefficient (Wildman–Crippen LogP) is 3.25. The summed E-state index contributed by atoms with van der Waals surface area (Å²) >= 11 is 16.7. The van der Waals surface area contributed by atoms with E-state index < -0.39 is 5.91 Å². The summed E-state index contributed by atoms with van der Waals surface area (Å²) in [7, 11) is 0. The molecule has 0 fully saturated rings. The van der Waals surface area contributed by atoms with Gasteiger partial charge in [0.1, 0.15) is 0 Å². The first-order valence-corrected chi connectivity index (χ1v) is 7.96. The first-order chi connectivity index (χ1) is 11.4. The molecule has 0 heterocycles. The van der Waals surface area contributed by atoms with Crippen LogP contribution in [0.2, 0.25) is 10.0 Å². The minimum absolute atomic E-state index is 0.0574. The van der Waals surface area contributed by atoms with E-state index in [1.807, 2.05) is 19.1 Å². The molecule has 0 bridgehead atoms. The lowest BCUT2D eigenvalue weighted by Crippen LogP contribution is -2.48. The van der Waals surface area contributed by atoms with E-state index in [4.69, 9.17) is 35.4 Å². The molecule has 0 radical (unpaired) electrons. The fourth-order valence-electron chi connectivity index (χ4n) is 1.90. The van der Waals surface area contributed by atoms with Crippen molar-refractivity contribution in [3.05, 3.63) is 69.2 Å². The molecule has 2 amide bonds. The number of aryl methyl sites for hydroxylation is 1. The van der Waals surface area contributed by atoms with E-state index in [1.54, 1.807) is 12.1 Å². The number of carbonyl (C=O) groups excluding carboxylic acids is 2. The molecule has 0 unspecified atom stereocenters. The van der Waals surface area contributed by atoms with Crippen LogP contribution in [-0.4, -0.2) is 16.9 Å². The van der Waals surface area contributed by atoms with Gasteiger partial charge in [0.15, 0.2) is 5.11 Å². The molecule has 0 aromatic heterocycles. The van der Waals surface area contributed by atoms with Crippen molar-refractivity contribution in [2.24, 2.45) is 0 Å². The molecule has 24 heavy (non-hydrogen) atoms. The van der Waals surface area contributed by atoms with E-state index in [0.717, 1.165) is 5.56 Å². The van der Waals surface area contributed by atoms with Crippen LogP contribution in [0.1, 0.15) is 26.3 Å². The number of halogens is 2. The largest absolute Gasteiger partial charge is 0.298 e. The quantitative estimate of drug-likeness (QED) is 0.551. The number of hydrogen-bond donors (Lipinski definition) is 3. The van der Waals surface area contributed by atoms with E-state index in [9.17, 15) is 9.59 Å². The maximum absolute atomic E-state index is 12.1. The number of nitrogens with one attached hydrogen (secondary N) is 3. The maximum Gasteiger partial charge on any atom is 0.269 e. The number of carbonyl (C=O) groups is 2. The Morgan fingerprint density at radius 2 is 1.58 bits per heavy atom. The molecule has 0 atom stereocenters. The zero-order chi connectivity index (χ0) is 17.7. The Bertz CT molecular complexity index is 791. The van der Waals surface area contributed by atoms with Crippen LogP contribution in [0.3, 0.4) is 0 Å². The fourth-order valence-corrected chi connectivity index (χ4v) is 2.57. The molecule has 2 rings (SSSR count). The zero-order valence-corrected chi connectivity index (χ0v) is 14.9. The van der Waals surface area contributed by atoms with Crippen LogP contribution in [0.4, 0.5) is 0 Å². The van der Waals surface area contributed by atoms with Gasteiger partial charge in [0.25, 0.3) is 11.8 Å². The summed E-state index contributed by atoms with van der Waals surface area (Å²) in [5.41, 5.74) is 6.47. The Labute approximate surface area is 154 Å². The van der Waals surface area contributed by atoms with E-state index in [1.165, 1.54) is 18.2 Å². The summed E-state index contributed by atoms with van der Waals surface area (Å²) in [4.78, 5) is 24.1. The molecule has 0 aliphatic rings.